The second-order valence-electron chi connectivity index (χ2n) is 5.91. The number of nitrogens with one attached hydrogen (secondary N) is 1. The van der Waals surface area contributed by atoms with Crippen molar-refractivity contribution in [3.05, 3.63) is 33.8 Å². The van der Waals surface area contributed by atoms with Crippen LogP contribution in [-0.4, -0.2) is 49.7 Å². The lowest BCUT2D eigenvalue weighted by atomic mass is 10.1. The van der Waals surface area contributed by atoms with Crippen LogP contribution in [0.3, 0.4) is 0 Å². The van der Waals surface area contributed by atoms with E-state index in [4.69, 9.17) is 32.9 Å². The van der Waals surface area contributed by atoms with Crippen LogP contribution in [-0.2, 0) is 11.2 Å². The summed E-state index contributed by atoms with van der Waals surface area (Å²) < 4.78 is 5.72. The van der Waals surface area contributed by atoms with Gasteiger partial charge in [0, 0.05) is 42.8 Å². The van der Waals surface area contributed by atoms with Gasteiger partial charge in [-0.2, -0.15) is 0 Å². The van der Waals surface area contributed by atoms with Gasteiger partial charge in [0.05, 0.1) is 6.10 Å². The smallest absolute Gasteiger partial charge is 0.193 e. The molecule has 2 rings (SSSR count). The van der Waals surface area contributed by atoms with Crippen molar-refractivity contribution in [2.75, 3.05) is 32.8 Å². The van der Waals surface area contributed by atoms with Gasteiger partial charge in [0.25, 0.3) is 0 Å². The number of hydrogen-bond acceptors (Lipinski definition) is 2. The zero-order valence-electron chi connectivity index (χ0n) is 14.9. The van der Waals surface area contributed by atoms with Crippen LogP contribution >= 0.6 is 47.2 Å². The first kappa shape index (κ1) is 22.8. The highest BCUT2D eigenvalue weighted by atomic mass is 127. The average Bonchev–Trinajstić information content (AvgIpc) is 2.54. The van der Waals surface area contributed by atoms with E-state index in [-0.39, 0.29) is 24.0 Å². The minimum Gasteiger partial charge on any atom is -0.378 e. The first-order valence-electron chi connectivity index (χ1n) is 8.72. The minimum atomic E-state index is 0. The van der Waals surface area contributed by atoms with Crippen LogP contribution in [0.2, 0.25) is 10.0 Å². The number of aliphatic imine (C=N–C) groups is 1. The Hall–Kier alpha value is -0.240. The molecule has 4 nitrogen and oxygen atoms in total. The summed E-state index contributed by atoms with van der Waals surface area (Å²) in [5.74, 6) is 0.987. The minimum absolute atomic E-state index is 0. The summed E-state index contributed by atoms with van der Waals surface area (Å²) in [4.78, 5) is 7.09. The number of likely N-dealkylation sites (tertiary alicyclic amines) is 1. The maximum Gasteiger partial charge on any atom is 0.193 e. The average molecular weight is 500 g/mol. The van der Waals surface area contributed by atoms with Crippen molar-refractivity contribution >= 4 is 53.1 Å². The number of halogens is 3. The Morgan fingerprint density at radius 2 is 1.84 bits per heavy atom. The summed E-state index contributed by atoms with van der Waals surface area (Å²) >= 11 is 12.1. The topological polar surface area (TPSA) is 36.9 Å². The Balaban J connectivity index is 0.00000312. The SMILES string of the molecule is CCNC(=NCCc1cc(Cl)cc(Cl)c1)N1CCC(OCC)CC1.I. The fourth-order valence-electron chi connectivity index (χ4n) is 2.94. The zero-order chi connectivity index (χ0) is 17.4. The summed E-state index contributed by atoms with van der Waals surface area (Å²) in [6.45, 7) is 8.50. The van der Waals surface area contributed by atoms with Crippen molar-refractivity contribution in [3.8, 4) is 0 Å². The standard InChI is InChI=1S/C18H27Cl2N3O.HI/c1-3-21-18(23-9-6-17(7-10-23)24-4-2)22-8-5-14-11-15(19)13-16(20)12-14;/h11-13,17H,3-10H2,1-2H3,(H,21,22);1H. The van der Waals surface area contributed by atoms with Crippen LogP contribution in [0.5, 0.6) is 0 Å². The first-order chi connectivity index (χ1) is 11.6. The van der Waals surface area contributed by atoms with Crippen molar-refractivity contribution in [1.29, 1.82) is 0 Å². The van der Waals surface area contributed by atoms with Crippen molar-refractivity contribution in [2.45, 2.75) is 39.2 Å². The highest BCUT2D eigenvalue weighted by Crippen LogP contribution is 2.19. The maximum atomic E-state index is 6.05. The third-order valence-corrected chi connectivity index (χ3v) is 4.50. The molecular formula is C18H28Cl2IN3O. The fraction of sp³-hybridized carbons (Fsp3) is 0.611. The second kappa shape index (κ2) is 12.2. The number of benzene rings is 1. The molecule has 1 aliphatic rings. The van der Waals surface area contributed by atoms with Gasteiger partial charge >= 0.3 is 0 Å². The van der Waals surface area contributed by atoms with E-state index in [1.165, 1.54) is 0 Å². The van der Waals surface area contributed by atoms with Gasteiger partial charge in [-0.05, 0) is 56.9 Å². The van der Waals surface area contributed by atoms with Gasteiger partial charge in [0.2, 0.25) is 0 Å². The van der Waals surface area contributed by atoms with E-state index in [0.717, 1.165) is 57.0 Å². The van der Waals surface area contributed by atoms with Crippen LogP contribution in [0.15, 0.2) is 23.2 Å². The molecule has 0 unspecified atom stereocenters. The summed E-state index contributed by atoms with van der Waals surface area (Å²) in [5, 5.41) is 4.74. The maximum absolute atomic E-state index is 6.05. The molecule has 1 saturated heterocycles. The molecule has 7 heteroatoms. The highest BCUT2D eigenvalue weighted by molar-refractivity contribution is 14.0. The van der Waals surface area contributed by atoms with Gasteiger partial charge in [-0.25, -0.2) is 0 Å². The number of guanidine groups is 1. The molecule has 0 bridgehead atoms. The Bertz CT molecular complexity index is 529. The van der Waals surface area contributed by atoms with E-state index in [1.54, 1.807) is 6.07 Å². The third kappa shape index (κ3) is 7.89. The van der Waals surface area contributed by atoms with Gasteiger partial charge in [-0.1, -0.05) is 23.2 Å². The Kier molecular flexibility index (Phi) is 11.1. The van der Waals surface area contributed by atoms with Crippen LogP contribution in [0, 0.1) is 0 Å². The van der Waals surface area contributed by atoms with Gasteiger partial charge < -0.3 is 15.0 Å². The lowest BCUT2D eigenvalue weighted by molar-refractivity contribution is 0.0264. The molecule has 142 valence electrons. The normalized spacial score (nSPS) is 15.8. The molecule has 0 aromatic heterocycles. The van der Waals surface area contributed by atoms with Crippen LogP contribution < -0.4 is 5.32 Å². The van der Waals surface area contributed by atoms with E-state index < -0.39 is 0 Å². The predicted molar refractivity (Wildman–Crippen MR) is 118 cm³/mol. The third-order valence-electron chi connectivity index (χ3n) is 4.06. The van der Waals surface area contributed by atoms with E-state index in [0.29, 0.717) is 22.7 Å². The van der Waals surface area contributed by atoms with Gasteiger partial charge in [-0.15, -0.1) is 24.0 Å². The Morgan fingerprint density at radius 1 is 1.20 bits per heavy atom. The van der Waals surface area contributed by atoms with E-state index >= 15 is 0 Å². The predicted octanol–water partition coefficient (Wildman–Crippen LogP) is 4.62. The molecule has 1 fully saturated rings. The molecule has 0 spiro atoms. The highest BCUT2D eigenvalue weighted by Gasteiger charge is 2.21. The lowest BCUT2D eigenvalue weighted by Crippen LogP contribution is -2.47. The quantitative estimate of drug-likeness (QED) is 0.352. The summed E-state index contributed by atoms with van der Waals surface area (Å²) in [7, 11) is 0. The second-order valence-corrected chi connectivity index (χ2v) is 6.78. The molecule has 1 aromatic carbocycles. The van der Waals surface area contributed by atoms with Crippen LogP contribution in [0.1, 0.15) is 32.3 Å². The molecule has 0 saturated carbocycles. The van der Waals surface area contributed by atoms with E-state index in [2.05, 4.69) is 24.1 Å². The van der Waals surface area contributed by atoms with Crippen LogP contribution in [0.4, 0.5) is 0 Å². The van der Waals surface area contributed by atoms with Gasteiger partial charge in [0.15, 0.2) is 5.96 Å². The fourth-order valence-corrected chi connectivity index (χ4v) is 3.51. The molecule has 0 amide bonds. The Morgan fingerprint density at radius 3 is 2.40 bits per heavy atom. The molecule has 1 aromatic rings. The summed E-state index contributed by atoms with van der Waals surface area (Å²) in [6, 6.07) is 5.65. The van der Waals surface area contributed by atoms with E-state index in [9.17, 15) is 0 Å². The molecule has 1 N–H and O–H groups in total. The van der Waals surface area contributed by atoms with Gasteiger partial charge in [-0.3, -0.25) is 4.99 Å². The number of piperidine rings is 1. The number of ether oxygens (including phenoxy) is 1. The van der Waals surface area contributed by atoms with E-state index in [1.807, 2.05) is 12.1 Å². The molecule has 25 heavy (non-hydrogen) atoms. The van der Waals surface area contributed by atoms with Crippen LogP contribution in [0.25, 0.3) is 0 Å². The number of rotatable bonds is 6. The largest absolute Gasteiger partial charge is 0.378 e. The molecule has 1 aliphatic heterocycles. The van der Waals surface area contributed by atoms with Crippen molar-refractivity contribution < 1.29 is 4.74 Å². The monoisotopic (exact) mass is 499 g/mol. The summed E-state index contributed by atoms with van der Waals surface area (Å²) in [6.07, 6.45) is 3.33. The zero-order valence-corrected chi connectivity index (χ0v) is 18.8. The summed E-state index contributed by atoms with van der Waals surface area (Å²) in [5.41, 5.74) is 1.11. The Labute approximate surface area is 178 Å². The first-order valence-corrected chi connectivity index (χ1v) is 9.47. The number of hydrogen-bond donors (Lipinski definition) is 1. The lowest BCUT2D eigenvalue weighted by Gasteiger charge is -2.34. The van der Waals surface area contributed by atoms with Crippen molar-refractivity contribution in [3.63, 3.8) is 0 Å². The van der Waals surface area contributed by atoms with Crippen molar-refractivity contribution in [2.24, 2.45) is 4.99 Å². The van der Waals surface area contributed by atoms with Crippen molar-refractivity contribution in [1.82, 2.24) is 10.2 Å². The molecule has 0 aliphatic carbocycles. The molecular weight excluding hydrogens is 472 g/mol. The van der Waals surface area contributed by atoms with Gasteiger partial charge in [0.1, 0.15) is 0 Å². The molecule has 1 heterocycles. The molecule has 0 atom stereocenters. The number of nitrogens with zero attached hydrogens (tertiary/aromatic N) is 2. The molecule has 0 radical (unpaired) electrons.